The van der Waals surface area contributed by atoms with Gasteiger partial charge in [0.15, 0.2) is 0 Å². The minimum atomic E-state index is -0.454. The van der Waals surface area contributed by atoms with E-state index in [1.165, 1.54) is 13.2 Å². The Kier molecular flexibility index (Phi) is 2.00. The zero-order chi connectivity index (χ0) is 11.0. The van der Waals surface area contributed by atoms with E-state index >= 15 is 0 Å². The van der Waals surface area contributed by atoms with Crippen molar-refractivity contribution in [1.82, 2.24) is 4.98 Å². The van der Waals surface area contributed by atoms with Crippen molar-refractivity contribution < 1.29 is 14.6 Å². The van der Waals surface area contributed by atoms with Crippen LogP contribution < -0.4 is 5.73 Å². The predicted molar refractivity (Wildman–Crippen MR) is 55.7 cm³/mol. The van der Waals surface area contributed by atoms with Gasteiger partial charge in [-0.05, 0) is 12.1 Å². The summed E-state index contributed by atoms with van der Waals surface area (Å²) < 4.78 is 4.56. The first kappa shape index (κ1) is 9.39. The van der Waals surface area contributed by atoms with Crippen LogP contribution in [0, 0.1) is 0 Å². The molecule has 5 nitrogen and oxygen atoms in total. The molecular weight excluding hydrogens is 196 g/mol. The van der Waals surface area contributed by atoms with E-state index in [4.69, 9.17) is 5.73 Å². The second kappa shape index (κ2) is 3.20. The molecule has 4 N–H and O–H groups in total. The lowest BCUT2D eigenvalue weighted by molar-refractivity contribution is 0.0595. The van der Waals surface area contributed by atoms with Crippen molar-refractivity contribution in [3.63, 3.8) is 0 Å². The first-order valence-electron chi connectivity index (χ1n) is 4.31. The third-order valence-corrected chi connectivity index (χ3v) is 2.17. The van der Waals surface area contributed by atoms with Crippen LogP contribution in [-0.4, -0.2) is 23.2 Å². The van der Waals surface area contributed by atoms with Crippen molar-refractivity contribution in [1.29, 1.82) is 0 Å². The van der Waals surface area contributed by atoms with Crippen molar-refractivity contribution in [2.45, 2.75) is 0 Å². The first-order valence-corrected chi connectivity index (χ1v) is 4.31. The SMILES string of the molecule is COC(=O)c1cc2cc(N)c(O)cc2[nH]1. The number of nitrogens with one attached hydrogen (secondary N) is 1. The summed E-state index contributed by atoms with van der Waals surface area (Å²) >= 11 is 0. The number of nitrogens with two attached hydrogens (primary N) is 1. The van der Waals surface area contributed by atoms with Gasteiger partial charge in [-0.3, -0.25) is 0 Å². The van der Waals surface area contributed by atoms with Gasteiger partial charge in [-0.1, -0.05) is 0 Å². The Balaban J connectivity index is 2.61. The summed E-state index contributed by atoms with van der Waals surface area (Å²) in [5.74, 6) is -0.468. The number of hydrogen-bond donors (Lipinski definition) is 3. The maximum absolute atomic E-state index is 11.2. The standard InChI is InChI=1S/C10H10N2O3/c1-15-10(14)8-3-5-2-6(11)9(13)4-7(5)12-8/h2-4,12-13H,11H2,1H3. The summed E-state index contributed by atoms with van der Waals surface area (Å²) in [6.45, 7) is 0. The molecule has 15 heavy (non-hydrogen) atoms. The predicted octanol–water partition coefficient (Wildman–Crippen LogP) is 1.24. The minimum absolute atomic E-state index is 0.0132. The van der Waals surface area contributed by atoms with Gasteiger partial charge in [-0.25, -0.2) is 4.79 Å². The lowest BCUT2D eigenvalue weighted by Gasteiger charge is -1.97. The molecule has 0 unspecified atom stereocenters. The van der Waals surface area contributed by atoms with Crippen LogP contribution in [0.15, 0.2) is 18.2 Å². The topological polar surface area (TPSA) is 88.3 Å². The Labute approximate surface area is 85.5 Å². The van der Waals surface area contributed by atoms with Gasteiger partial charge in [-0.15, -0.1) is 0 Å². The number of fused-ring (bicyclic) bond motifs is 1. The number of phenols is 1. The Morgan fingerprint density at radius 2 is 2.20 bits per heavy atom. The molecular formula is C10H10N2O3. The molecule has 1 aromatic carbocycles. The molecule has 0 fully saturated rings. The summed E-state index contributed by atoms with van der Waals surface area (Å²) in [6.07, 6.45) is 0. The van der Waals surface area contributed by atoms with Gasteiger partial charge in [0, 0.05) is 17.0 Å². The van der Waals surface area contributed by atoms with Crippen LogP contribution in [0.3, 0.4) is 0 Å². The molecule has 2 aromatic rings. The van der Waals surface area contributed by atoms with Crippen LogP contribution >= 0.6 is 0 Å². The number of carbonyl (C=O) groups is 1. The number of anilines is 1. The highest BCUT2D eigenvalue weighted by Crippen LogP contribution is 2.27. The monoisotopic (exact) mass is 206 g/mol. The average molecular weight is 206 g/mol. The number of ether oxygens (including phenoxy) is 1. The van der Waals surface area contributed by atoms with Crippen molar-refractivity contribution in [3.8, 4) is 5.75 Å². The lowest BCUT2D eigenvalue weighted by Crippen LogP contribution is -2.00. The Bertz CT molecular complexity index is 492. The molecule has 0 bridgehead atoms. The number of H-pyrrole nitrogens is 1. The van der Waals surface area contributed by atoms with E-state index in [1.807, 2.05) is 0 Å². The number of aromatic hydroxyl groups is 1. The fourth-order valence-corrected chi connectivity index (χ4v) is 1.41. The molecule has 0 aliphatic carbocycles. The van der Waals surface area contributed by atoms with Crippen LogP contribution in [-0.2, 0) is 4.74 Å². The summed E-state index contributed by atoms with van der Waals surface area (Å²) in [6, 6.07) is 4.68. The number of benzene rings is 1. The number of nitrogen functional groups attached to an aromatic ring is 1. The summed E-state index contributed by atoms with van der Waals surface area (Å²) in [5.41, 5.74) is 6.77. The number of hydrogen-bond acceptors (Lipinski definition) is 4. The highest BCUT2D eigenvalue weighted by Gasteiger charge is 2.10. The van der Waals surface area contributed by atoms with E-state index < -0.39 is 5.97 Å². The maximum Gasteiger partial charge on any atom is 0.354 e. The van der Waals surface area contributed by atoms with Gasteiger partial charge < -0.3 is 20.6 Å². The highest BCUT2D eigenvalue weighted by molar-refractivity contribution is 5.96. The summed E-state index contributed by atoms with van der Waals surface area (Å²) in [7, 11) is 1.31. The van der Waals surface area contributed by atoms with E-state index in [2.05, 4.69) is 9.72 Å². The normalized spacial score (nSPS) is 10.5. The number of esters is 1. The van der Waals surface area contributed by atoms with Crippen LogP contribution in [0.2, 0.25) is 0 Å². The number of carbonyl (C=O) groups excluding carboxylic acids is 1. The zero-order valence-corrected chi connectivity index (χ0v) is 8.07. The third-order valence-electron chi connectivity index (χ3n) is 2.17. The lowest BCUT2D eigenvalue weighted by atomic mass is 10.2. The molecule has 0 spiro atoms. The van der Waals surface area contributed by atoms with Crippen LogP contribution in [0.1, 0.15) is 10.5 Å². The van der Waals surface area contributed by atoms with E-state index in [0.29, 0.717) is 11.2 Å². The molecule has 0 radical (unpaired) electrons. The highest BCUT2D eigenvalue weighted by atomic mass is 16.5. The van der Waals surface area contributed by atoms with Gasteiger partial charge in [0.2, 0.25) is 0 Å². The number of rotatable bonds is 1. The van der Waals surface area contributed by atoms with E-state index in [-0.39, 0.29) is 11.4 Å². The Morgan fingerprint density at radius 3 is 2.87 bits per heavy atom. The maximum atomic E-state index is 11.2. The fraction of sp³-hybridized carbons (Fsp3) is 0.100. The first-order chi connectivity index (χ1) is 7.11. The molecule has 1 aromatic heterocycles. The molecule has 0 saturated carbocycles. The zero-order valence-electron chi connectivity index (χ0n) is 8.07. The van der Waals surface area contributed by atoms with Crippen molar-refractivity contribution in [2.24, 2.45) is 0 Å². The van der Waals surface area contributed by atoms with Crippen molar-refractivity contribution >= 4 is 22.6 Å². The van der Waals surface area contributed by atoms with Crippen LogP contribution in [0.25, 0.3) is 10.9 Å². The number of aromatic amines is 1. The van der Waals surface area contributed by atoms with Crippen molar-refractivity contribution in [2.75, 3.05) is 12.8 Å². The summed E-state index contributed by atoms with van der Waals surface area (Å²) in [5, 5.41) is 10.1. The van der Waals surface area contributed by atoms with E-state index in [1.54, 1.807) is 12.1 Å². The van der Waals surface area contributed by atoms with Gasteiger partial charge >= 0.3 is 5.97 Å². The molecule has 78 valence electrons. The number of aromatic nitrogens is 1. The van der Waals surface area contributed by atoms with E-state index in [0.717, 1.165) is 5.39 Å². The van der Waals surface area contributed by atoms with Crippen LogP contribution in [0.5, 0.6) is 5.75 Å². The summed E-state index contributed by atoms with van der Waals surface area (Å²) in [4.78, 5) is 14.0. The van der Waals surface area contributed by atoms with Gasteiger partial charge in [-0.2, -0.15) is 0 Å². The van der Waals surface area contributed by atoms with E-state index in [9.17, 15) is 9.90 Å². The molecule has 0 amide bonds. The second-order valence-electron chi connectivity index (χ2n) is 3.17. The van der Waals surface area contributed by atoms with Crippen LogP contribution in [0.4, 0.5) is 5.69 Å². The van der Waals surface area contributed by atoms with Gasteiger partial charge in [0.1, 0.15) is 11.4 Å². The average Bonchev–Trinajstić information content (AvgIpc) is 2.60. The second-order valence-corrected chi connectivity index (χ2v) is 3.17. The quantitative estimate of drug-likeness (QED) is 0.372. The smallest absolute Gasteiger partial charge is 0.354 e. The fourth-order valence-electron chi connectivity index (χ4n) is 1.41. The molecule has 5 heteroatoms. The Morgan fingerprint density at radius 1 is 1.47 bits per heavy atom. The molecule has 0 atom stereocenters. The molecule has 0 aliphatic heterocycles. The van der Waals surface area contributed by atoms with Gasteiger partial charge in [0.05, 0.1) is 12.8 Å². The molecule has 0 saturated heterocycles. The molecule has 2 rings (SSSR count). The molecule has 1 heterocycles. The Hall–Kier alpha value is -2.17. The minimum Gasteiger partial charge on any atom is -0.506 e. The molecule has 0 aliphatic rings. The third kappa shape index (κ3) is 1.48. The number of methoxy groups -OCH3 is 1. The largest absolute Gasteiger partial charge is 0.506 e. The van der Waals surface area contributed by atoms with Crippen molar-refractivity contribution in [3.05, 3.63) is 23.9 Å². The number of phenolic OH excluding ortho intramolecular Hbond substituents is 1. The van der Waals surface area contributed by atoms with Gasteiger partial charge in [0.25, 0.3) is 0 Å².